The van der Waals surface area contributed by atoms with E-state index in [4.69, 9.17) is 0 Å². The number of aromatic hydroxyl groups is 1. The van der Waals surface area contributed by atoms with Crippen molar-refractivity contribution in [2.24, 2.45) is 17.8 Å². The van der Waals surface area contributed by atoms with Gasteiger partial charge >= 0.3 is 0 Å². The molecular formula is C36H40N2O6. The average molecular weight is 597 g/mol. The monoisotopic (exact) mass is 596 g/mol. The number of phenols is 1. The minimum absolute atomic E-state index is 0.152. The maximum Gasteiger partial charge on any atom is 0.238 e. The van der Waals surface area contributed by atoms with E-state index in [9.17, 15) is 30.0 Å². The van der Waals surface area contributed by atoms with Crippen molar-refractivity contribution >= 4 is 35.0 Å². The molecule has 3 aromatic carbocycles. The van der Waals surface area contributed by atoms with E-state index >= 15 is 0 Å². The molecule has 3 aromatic rings. The smallest absolute Gasteiger partial charge is 0.238 e. The lowest BCUT2D eigenvalue weighted by Gasteiger charge is -2.36. The second-order valence-electron chi connectivity index (χ2n) is 11.9. The number of carbonyl (C=O) groups excluding carboxylic acids is 2. The van der Waals surface area contributed by atoms with Gasteiger partial charge in [-0.1, -0.05) is 29.8 Å². The summed E-state index contributed by atoms with van der Waals surface area (Å²) in [6.45, 7) is 4.87. The number of hydrogen-bond donors (Lipinski definition) is 5. The lowest BCUT2D eigenvalue weighted by atomic mass is 9.68. The van der Waals surface area contributed by atoms with E-state index in [2.05, 4.69) is 5.32 Å². The van der Waals surface area contributed by atoms with Crippen molar-refractivity contribution in [1.29, 1.82) is 0 Å². The topological polar surface area (TPSA) is 130 Å². The molecule has 1 aliphatic heterocycles. The Kier molecular flexibility index (Phi) is 9.34. The summed E-state index contributed by atoms with van der Waals surface area (Å²) in [4.78, 5) is 28.6. The van der Waals surface area contributed by atoms with Crippen molar-refractivity contribution in [3.8, 4) is 5.75 Å². The highest BCUT2D eigenvalue weighted by Gasteiger charge is 2.55. The number of para-hydroxylation sites is 1. The number of benzene rings is 3. The number of rotatable bonds is 10. The number of anilines is 3. The highest BCUT2D eigenvalue weighted by atomic mass is 16.3. The maximum absolute atomic E-state index is 13.8. The van der Waals surface area contributed by atoms with Gasteiger partial charge in [-0.3, -0.25) is 14.5 Å². The third-order valence-electron chi connectivity index (χ3n) is 8.86. The molecule has 230 valence electrons. The van der Waals surface area contributed by atoms with Gasteiger partial charge in [-0.25, -0.2) is 0 Å². The first-order valence-corrected chi connectivity index (χ1v) is 15.0. The van der Waals surface area contributed by atoms with E-state index in [1.165, 1.54) is 4.90 Å². The van der Waals surface area contributed by atoms with Crippen LogP contribution in [0.1, 0.15) is 42.9 Å². The van der Waals surface area contributed by atoms with Gasteiger partial charge in [0.1, 0.15) is 5.75 Å². The van der Waals surface area contributed by atoms with Crippen LogP contribution in [0.5, 0.6) is 5.75 Å². The predicted molar refractivity (Wildman–Crippen MR) is 171 cm³/mol. The Labute approximate surface area is 258 Å². The van der Waals surface area contributed by atoms with Crippen molar-refractivity contribution in [2.45, 2.75) is 46.1 Å². The van der Waals surface area contributed by atoms with Gasteiger partial charge in [-0.2, -0.15) is 0 Å². The molecule has 1 heterocycles. The van der Waals surface area contributed by atoms with Crippen LogP contribution in [-0.4, -0.2) is 51.6 Å². The van der Waals surface area contributed by atoms with Crippen LogP contribution in [0.25, 0.3) is 6.08 Å². The Morgan fingerprint density at radius 3 is 2.23 bits per heavy atom. The number of amides is 2. The Morgan fingerprint density at radius 1 is 0.977 bits per heavy atom. The van der Waals surface area contributed by atoms with Crippen LogP contribution in [0, 0.1) is 31.6 Å². The van der Waals surface area contributed by atoms with E-state index in [1.54, 1.807) is 24.3 Å². The molecule has 2 aliphatic rings. The molecule has 0 saturated carbocycles. The molecule has 4 atom stereocenters. The maximum atomic E-state index is 13.8. The van der Waals surface area contributed by atoms with Crippen molar-refractivity contribution in [2.75, 3.05) is 23.4 Å². The molecule has 44 heavy (non-hydrogen) atoms. The molecule has 0 unspecified atom stereocenters. The first-order chi connectivity index (χ1) is 21.1. The predicted octanol–water partition coefficient (Wildman–Crippen LogP) is 5.40. The zero-order chi connectivity index (χ0) is 31.5. The number of imide groups is 1. The summed E-state index contributed by atoms with van der Waals surface area (Å²) in [7, 11) is 0. The molecule has 2 amide bonds. The summed E-state index contributed by atoms with van der Waals surface area (Å²) >= 11 is 0. The SMILES string of the molecule is C/C(=C\c1cc(C)c(O)c(C)c1)CC[C@@H](O)C1=C(CO)C[C@H]2C(=O)N(c3ccc(Nc4ccccc4)cc3)C(=O)[C@H]2[C@H]1CO. The number of nitrogens with one attached hydrogen (secondary N) is 1. The molecule has 1 aliphatic carbocycles. The Balaban J connectivity index is 1.33. The number of aliphatic hydroxyl groups is 3. The van der Waals surface area contributed by atoms with E-state index < -0.39 is 36.4 Å². The van der Waals surface area contributed by atoms with Crippen LogP contribution in [0.15, 0.2) is 83.4 Å². The summed E-state index contributed by atoms with van der Waals surface area (Å²) in [6.07, 6.45) is 2.02. The van der Waals surface area contributed by atoms with Gasteiger partial charge in [0.15, 0.2) is 0 Å². The fourth-order valence-electron chi connectivity index (χ4n) is 6.69. The number of nitrogens with zero attached hydrogens (tertiary/aromatic N) is 1. The first-order valence-electron chi connectivity index (χ1n) is 15.0. The number of aryl methyl sites for hydroxylation is 2. The molecular weight excluding hydrogens is 556 g/mol. The van der Waals surface area contributed by atoms with Crippen molar-refractivity contribution < 1.29 is 30.0 Å². The summed E-state index contributed by atoms with van der Waals surface area (Å²) in [6, 6.07) is 20.5. The fraction of sp³-hybridized carbons (Fsp3) is 0.333. The molecule has 1 saturated heterocycles. The lowest BCUT2D eigenvalue weighted by Crippen LogP contribution is -2.39. The highest BCUT2D eigenvalue weighted by molar-refractivity contribution is 6.22. The standard InChI is InChI=1S/C36H40N2O6/c1-21(15-24-16-22(2)34(42)23(3)17-24)9-14-31(41)32-25(19-39)18-29-33(30(32)20-40)36(44)38(35(29)43)28-12-10-27(11-13-28)37-26-7-5-4-6-8-26/h4-8,10-13,15-17,29-31,33,37,39-42H,9,14,18-20H2,1-3H3/b21-15+/t29-,30+,31-,33-/m1/s1. The van der Waals surface area contributed by atoms with Crippen LogP contribution in [0.2, 0.25) is 0 Å². The van der Waals surface area contributed by atoms with Crippen LogP contribution in [0.4, 0.5) is 17.1 Å². The summed E-state index contributed by atoms with van der Waals surface area (Å²) in [5.74, 6) is -2.81. The third-order valence-corrected chi connectivity index (χ3v) is 8.86. The van der Waals surface area contributed by atoms with E-state index in [0.717, 1.165) is 33.6 Å². The number of aliphatic hydroxyl groups excluding tert-OH is 3. The normalized spacial score (nSPS) is 21.1. The van der Waals surface area contributed by atoms with Gasteiger partial charge in [0.25, 0.3) is 0 Å². The largest absolute Gasteiger partial charge is 0.507 e. The molecule has 8 nitrogen and oxygen atoms in total. The molecule has 0 aromatic heterocycles. The molecule has 0 radical (unpaired) electrons. The fourth-order valence-corrected chi connectivity index (χ4v) is 6.69. The number of fused-ring (bicyclic) bond motifs is 1. The van der Waals surface area contributed by atoms with Gasteiger partial charge in [0, 0.05) is 17.3 Å². The third kappa shape index (κ3) is 6.19. The zero-order valence-electron chi connectivity index (χ0n) is 25.3. The van der Waals surface area contributed by atoms with Gasteiger partial charge < -0.3 is 25.7 Å². The van der Waals surface area contributed by atoms with E-state index in [-0.39, 0.29) is 24.7 Å². The zero-order valence-corrected chi connectivity index (χ0v) is 25.3. The lowest BCUT2D eigenvalue weighted by molar-refractivity contribution is -0.123. The van der Waals surface area contributed by atoms with Crippen LogP contribution in [-0.2, 0) is 9.59 Å². The van der Waals surface area contributed by atoms with Gasteiger partial charge in [-0.05, 0) is 116 Å². The van der Waals surface area contributed by atoms with Gasteiger partial charge in [0.2, 0.25) is 11.8 Å². The molecule has 1 fully saturated rings. The minimum Gasteiger partial charge on any atom is -0.507 e. The number of phenolic OH excluding ortho intramolecular Hbond substituents is 1. The Morgan fingerprint density at radius 2 is 1.61 bits per heavy atom. The van der Waals surface area contributed by atoms with Gasteiger partial charge in [-0.15, -0.1) is 0 Å². The quantitative estimate of drug-likeness (QED) is 0.156. The summed E-state index contributed by atoms with van der Waals surface area (Å²) in [5, 5.41) is 45.5. The first kappa shape index (κ1) is 31.2. The van der Waals surface area contributed by atoms with Crippen molar-refractivity contribution in [1.82, 2.24) is 0 Å². The number of allylic oxidation sites excluding steroid dienone is 1. The Bertz CT molecular complexity index is 1570. The van der Waals surface area contributed by atoms with Crippen LogP contribution in [0.3, 0.4) is 0 Å². The van der Waals surface area contributed by atoms with Crippen molar-refractivity contribution in [3.05, 3.63) is 100 Å². The summed E-state index contributed by atoms with van der Waals surface area (Å²) < 4.78 is 0. The average Bonchev–Trinajstić information content (AvgIpc) is 3.27. The molecule has 0 spiro atoms. The van der Waals surface area contributed by atoms with Gasteiger partial charge in [0.05, 0.1) is 36.8 Å². The molecule has 8 heteroatoms. The van der Waals surface area contributed by atoms with E-state index in [0.29, 0.717) is 29.7 Å². The van der Waals surface area contributed by atoms with Crippen molar-refractivity contribution in [3.63, 3.8) is 0 Å². The molecule has 5 rings (SSSR count). The van der Waals surface area contributed by atoms with E-state index in [1.807, 2.05) is 69.3 Å². The molecule has 0 bridgehead atoms. The highest BCUT2D eigenvalue weighted by Crippen LogP contribution is 2.47. The van der Waals surface area contributed by atoms with Crippen LogP contribution < -0.4 is 10.2 Å². The second-order valence-corrected chi connectivity index (χ2v) is 11.9. The minimum atomic E-state index is -0.998. The Hall–Kier alpha value is -4.24. The molecule has 5 N–H and O–H groups in total. The van der Waals surface area contributed by atoms with Crippen LogP contribution >= 0.6 is 0 Å². The number of hydrogen-bond acceptors (Lipinski definition) is 7. The number of carbonyl (C=O) groups is 2. The second kappa shape index (κ2) is 13.2. The summed E-state index contributed by atoms with van der Waals surface area (Å²) in [5.41, 5.74) is 6.67.